The summed E-state index contributed by atoms with van der Waals surface area (Å²) in [4.78, 5) is 35.8. The molecule has 1 atom stereocenters. The molecule has 2 amide bonds. The molecule has 0 radical (unpaired) electrons. The molecule has 0 saturated carbocycles. The minimum absolute atomic E-state index is 0.0178. The maximum Gasteiger partial charge on any atom is 0.303 e. The van der Waals surface area contributed by atoms with Crippen molar-refractivity contribution in [2.24, 2.45) is 11.8 Å². The van der Waals surface area contributed by atoms with Gasteiger partial charge in [-0.15, -0.1) is 0 Å². The van der Waals surface area contributed by atoms with E-state index in [1.807, 2.05) is 4.90 Å². The third kappa shape index (κ3) is 3.68. The second-order valence-corrected chi connectivity index (χ2v) is 5.41. The van der Waals surface area contributed by atoms with Crippen molar-refractivity contribution in [3.8, 4) is 0 Å². The minimum atomic E-state index is -0.764. The number of aliphatic carboxylic acids is 1. The van der Waals surface area contributed by atoms with Crippen LogP contribution < -0.4 is 5.32 Å². The smallest absolute Gasteiger partial charge is 0.303 e. The van der Waals surface area contributed by atoms with Gasteiger partial charge in [0.2, 0.25) is 11.8 Å². The van der Waals surface area contributed by atoms with Crippen molar-refractivity contribution in [1.82, 2.24) is 10.2 Å². The normalized spacial score (nSPS) is 24.9. The van der Waals surface area contributed by atoms with Gasteiger partial charge in [0.15, 0.2) is 0 Å². The van der Waals surface area contributed by atoms with Crippen LogP contribution in [-0.2, 0) is 14.4 Å². The standard InChI is InChI=1S/C13H20N2O4/c16-11-2-1-10(8-14-11)13(19)15-5-3-9(4-6-15)7-12(17)18/h9-10H,1-8H2,(H,14,16)(H,17,18). The van der Waals surface area contributed by atoms with Crippen LogP contribution in [-0.4, -0.2) is 47.4 Å². The first-order chi connectivity index (χ1) is 9.06. The molecule has 1 unspecified atom stereocenters. The minimum Gasteiger partial charge on any atom is -0.481 e. The van der Waals surface area contributed by atoms with Gasteiger partial charge in [0, 0.05) is 32.5 Å². The van der Waals surface area contributed by atoms with Crippen LogP contribution in [0.25, 0.3) is 0 Å². The number of hydrogen-bond donors (Lipinski definition) is 2. The Kier molecular flexibility index (Phi) is 4.39. The van der Waals surface area contributed by atoms with Gasteiger partial charge in [-0.3, -0.25) is 14.4 Å². The molecule has 6 heteroatoms. The first-order valence-electron chi connectivity index (χ1n) is 6.83. The number of carboxylic acids is 1. The highest BCUT2D eigenvalue weighted by Gasteiger charge is 2.31. The first-order valence-corrected chi connectivity index (χ1v) is 6.83. The van der Waals surface area contributed by atoms with E-state index in [2.05, 4.69) is 5.32 Å². The first kappa shape index (κ1) is 13.8. The molecule has 0 spiro atoms. The molecule has 2 fully saturated rings. The van der Waals surface area contributed by atoms with Crippen LogP contribution in [0.3, 0.4) is 0 Å². The van der Waals surface area contributed by atoms with Crippen LogP contribution in [0.2, 0.25) is 0 Å². The van der Waals surface area contributed by atoms with E-state index < -0.39 is 5.97 Å². The number of nitrogens with one attached hydrogen (secondary N) is 1. The topological polar surface area (TPSA) is 86.7 Å². The summed E-state index contributed by atoms with van der Waals surface area (Å²) in [5.74, 6) is -0.556. The van der Waals surface area contributed by atoms with E-state index in [1.54, 1.807) is 0 Å². The highest BCUT2D eigenvalue weighted by Crippen LogP contribution is 2.23. The van der Waals surface area contributed by atoms with E-state index in [-0.39, 0.29) is 30.1 Å². The van der Waals surface area contributed by atoms with Crippen LogP contribution in [0.15, 0.2) is 0 Å². The van der Waals surface area contributed by atoms with Gasteiger partial charge in [0.25, 0.3) is 0 Å². The fourth-order valence-electron chi connectivity index (χ4n) is 2.81. The molecule has 6 nitrogen and oxygen atoms in total. The Hall–Kier alpha value is -1.59. The monoisotopic (exact) mass is 268 g/mol. The Morgan fingerprint density at radius 3 is 2.47 bits per heavy atom. The van der Waals surface area contributed by atoms with Crippen LogP contribution in [0.4, 0.5) is 0 Å². The largest absolute Gasteiger partial charge is 0.481 e. The second-order valence-electron chi connectivity index (χ2n) is 5.41. The lowest BCUT2D eigenvalue weighted by atomic mass is 9.91. The van der Waals surface area contributed by atoms with E-state index in [9.17, 15) is 14.4 Å². The quantitative estimate of drug-likeness (QED) is 0.767. The van der Waals surface area contributed by atoms with Crippen molar-refractivity contribution in [3.05, 3.63) is 0 Å². The highest BCUT2D eigenvalue weighted by atomic mass is 16.4. The van der Waals surface area contributed by atoms with E-state index in [0.29, 0.717) is 32.5 Å². The van der Waals surface area contributed by atoms with Crippen molar-refractivity contribution < 1.29 is 19.5 Å². The van der Waals surface area contributed by atoms with Crippen LogP contribution in [0.1, 0.15) is 32.1 Å². The molecule has 0 aromatic rings. The molecule has 2 rings (SSSR count). The maximum absolute atomic E-state index is 12.2. The molecule has 0 bridgehead atoms. The lowest BCUT2D eigenvalue weighted by molar-refractivity contribution is -0.140. The molecule has 19 heavy (non-hydrogen) atoms. The summed E-state index contributed by atoms with van der Waals surface area (Å²) in [6.45, 7) is 1.72. The van der Waals surface area contributed by atoms with Crippen molar-refractivity contribution in [2.45, 2.75) is 32.1 Å². The molecule has 106 valence electrons. The molecule has 2 aliphatic rings. The van der Waals surface area contributed by atoms with Crippen molar-refractivity contribution in [2.75, 3.05) is 19.6 Å². The van der Waals surface area contributed by atoms with Gasteiger partial charge in [-0.05, 0) is 25.2 Å². The Labute approximate surface area is 112 Å². The van der Waals surface area contributed by atoms with Gasteiger partial charge in [0.1, 0.15) is 0 Å². The third-order valence-electron chi connectivity index (χ3n) is 4.00. The summed E-state index contributed by atoms with van der Waals surface area (Å²) < 4.78 is 0. The van der Waals surface area contributed by atoms with Gasteiger partial charge >= 0.3 is 5.97 Å². The molecule has 2 N–H and O–H groups in total. The summed E-state index contributed by atoms with van der Waals surface area (Å²) in [6.07, 6.45) is 2.77. The molecule has 0 aromatic heterocycles. The van der Waals surface area contributed by atoms with Gasteiger partial charge in [-0.25, -0.2) is 0 Å². The number of likely N-dealkylation sites (tertiary alicyclic amines) is 1. The number of hydrogen-bond acceptors (Lipinski definition) is 3. The van der Waals surface area contributed by atoms with Crippen LogP contribution in [0.5, 0.6) is 0 Å². The Balaban J connectivity index is 1.79. The van der Waals surface area contributed by atoms with Gasteiger partial charge < -0.3 is 15.3 Å². The molecule has 2 saturated heterocycles. The zero-order valence-corrected chi connectivity index (χ0v) is 10.9. The lowest BCUT2D eigenvalue weighted by Gasteiger charge is -2.34. The van der Waals surface area contributed by atoms with E-state index in [0.717, 1.165) is 12.8 Å². The summed E-state index contributed by atoms with van der Waals surface area (Å²) in [5.41, 5.74) is 0. The van der Waals surface area contributed by atoms with Crippen molar-refractivity contribution >= 4 is 17.8 Å². The number of carboxylic acid groups (broad SMARTS) is 1. The van der Waals surface area contributed by atoms with E-state index in [4.69, 9.17) is 5.11 Å². The fourth-order valence-corrected chi connectivity index (χ4v) is 2.81. The number of rotatable bonds is 3. The van der Waals surface area contributed by atoms with E-state index in [1.165, 1.54) is 0 Å². The van der Waals surface area contributed by atoms with Crippen LogP contribution >= 0.6 is 0 Å². The second kappa shape index (κ2) is 6.04. The number of nitrogens with zero attached hydrogens (tertiary/aromatic N) is 1. The summed E-state index contributed by atoms with van der Waals surface area (Å²) >= 11 is 0. The SMILES string of the molecule is O=C(O)CC1CCN(C(=O)C2CCC(=O)NC2)CC1. The summed E-state index contributed by atoms with van der Waals surface area (Å²) in [6, 6.07) is 0. The maximum atomic E-state index is 12.2. The van der Waals surface area contributed by atoms with Crippen LogP contribution in [0, 0.1) is 11.8 Å². The highest BCUT2D eigenvalue weighted by molar-refractivity contribution is 5.83. The Bertz CT molecular complexity index is 365. The number of carbonyl (C=O) groups excluding carboxylic acids is 2. The molecule has 0 aliphatic carbocycles. The number of carbonyl (C=O) groups is 3. The zero-order chi connectivity index (χ0) is 13.8. The lowest BCUT2D eigenvalue weighted by Crippen LogP contribution is -2.47. The van der Waals surface area contributed by atoms with Gasteiger partial charge in [-0.1, -0.05) is 0 Å². The number of piperidine rings is 2. The molecular formula is C13H20N2O4. The fraction of sp³-hybridized carbons (Fsp3) is 0.769. The van der Waals surface area contributed by atoms with E-state index >= 15 is 0 Å². The third-order valence-corrected chi connectivity index (χ3v) is 4.00. The molecule has 2 heterocycles. The average molecular weight is 268 g/mol. The van der Waals surface area contributed by atoms with Gasteiger partial charge in [-0.2, -0.15) is 0 Å². The summed E-state index contributed by atoms with van der Waals surface area (Å²) in [7, 11) is 0. The molecule has 2 aliphatic heterocycles. The van der Waals surface area contributed by atoms with Gasteiger partial charge in [0.05, 0.1) is 5.92 Å². The molecular weight excluding hydrogens is 248 g/mol. The Morgan fingerprint density at radius 2 is 1.95 bits per heavy atom. The predicted molar refractivity (Wildman–Crippen MR) is 67.3 cm³/mol. The zero-order valence-electron chi connectivity index (χ0n) is 10.9. The number of amides is 2. The Morgan fingerprint density at radius 1 is 1.26 bits per heavy atom. The van der Waals surface area contributed by atoms with Crippen molar-refractivity contribution in [3.63, 3.8) is 0 Å². The summed E-state index contributed by atoms with van der Waals surface area (Å²) in [5, 5.41) is 11.5. The predicted octanol–water partition coefficient (Wildman–Crippen LogP) is 0.226. The average Bonchev–Trinajstić information content (AvgIpc) is 2.39. The van der Waals surface area contributed by atoms with Crippen molar-refractivity contribution in [1.29, 1.82) is 0 Å². The molecule has 0 aromatic carbocycles.